The number of aromatic amines is 1. The number of carbonyl (C=O) groups is 1. The molecule has 0 aromatic carbocycles. The maximum atomic E-state index is 10.4. The Kier molecular flexibility index (Phi) is 3.76. The lowest BCUT2D eigenvalue weighted by molar-refractivity contribution is -0.137. The van der Waals surface area contributed by atoms with Crippen molar-refractivity contribution in [2.75, 3.05) is 6.61 Å². The first-order valence-electron chi connectivity index (χ1n) is 5.89. The van der Waals surface area contributed by atoms with Gasteiger partial charge in [0, 0.05) is 18.9 Å². The molecule has 0 aliphatic rings. The molecule has 0 atom stereocenters. The molecule has 0 saturated heterocycles. The number of fused-ring (bicyclic) bond motifs is 1. The van der Waals surface area contributed by atoms with Crippen LogP contribution >= 0.6 is 0 Å². The summed E-state index contributed by atoms with van der Waals surface area (Å²) in [6.07, 6.45) is 1.31. The van der Waals surface area contributed by atoms with Gasteiger partial charge in [-0.05, 0) is 19.4 Å². The van der Waals surface area contributed by atoms with Gasteiger partial charge < -0.3 is 14.8 Å². The molecule has 0 unspecified atom stereocenters. The molecule has 0 amide bonds. The molecule has 0 aliphatic carbocycles. The summed E-state index contributed by atoms with van der Waals surface area (Å²) >= 11 is 0. The van der Waals surface area contributed by atoms with E-state index in [1.54, 1.807) is 6.07 Å². The zero-order valence-corrected chi connectivity index (χ0v) is 10.1. The molecule has 0 aliphatic heterocycles. The number of aryl methyl sites for hydroxylation is 1. The summed E-state index contributed by atoms with van der Waals surface area (Å²) in [5.74, 6) is 0.517. The van der Waals surface area contributed by atoms with Gasteiger partial charge in [-0.2, -0.15) is 4.98 Å². The van der Waals surface area contributed by atoms with Crippen LogP contribution in [0.4, 0.5) is 0 Å². The van der Waals surface area contributed by atoms with Crippen molar-refractivity contribution in [3.63, 3.8) is 0 Å². The fourth-order valence-corrected chi connectivity index (χ4v) is 1.68. The van der Waals surface area contributed by atoms with E-state index in [1.165, 1.54) is 0 Å². The summed E-state index contributed by atoms with van der Waals surface area (Å²) in [5, 5.41) is 8.57. The van der Waals surface area contributed by atoms with E-state index in [4.69, 9.17) is 9.84 Å². The molecule has 0 fully saturated rings. The predicted octanol–water partition coefficient (Wildman–Crippen LogP) is 1.76. The Labute approximate surface area is 104 Å². The summed E-state index contributed by atoms with van der Waals surface area (Å²) in [5.41, 5.74) is 1.44. The quantitative estimate of drug-likeness (QED) is 0.814. The number of aliphatic carboxylic acids is 1. The van der Waals surface area contributed by atoms with E-state index in [0.717, 1.165) is 11.3 Å². The molecule has 18 heavy (non-hydrogen) atoms. The van der Waals surface area contributed by atoms with Crippen LogP contribution in [0, 0.1) is 0 Å². The molecule has 2 N–H and O–H groups in total. The van der Waals surface area contributed by atoms with Crippen LogP contribution in [0.25, 0.3) is 11.2 Å². The van der Waals surface area contributed by atoms with Crippen molar-refractivity contribution in [3.8, 4) is 5.88 Å². The third-order valence-electron chi connectivity index (χ3n) is 2.47. The van der Waals surface area contributed by atoms with Crippen LogP contribution in [-0.2, 0) is 11.2 Å². The van der Waals surface area contributed by atoms with Gasteiger partial charge in [-0.1, -0.05) is 0 Å². The summed E-state index contributed by atoms with van der Waals surface area (Å²) in [6.45, 7) is 2.46. The normalized spacial score (nSPS) is 10.7. The highest BCUT2D eigenvalue weighted by Crippen LogP contribution is 2.15. The second-order valence-corrected chi connectivity index (χ2v) is 3.88. The minimum absolute atomic E-state index is 0.147. The molecular formula is C12H15N3O3. The fraction of sp³-hybridized carbons (Fsp3) is 0.417. The summed E-state index contributed by atoms with van der Waals surface area (Å²) < 4.78 is 5.29. The lowest BCUT2D eigenvalue weighted by atomic mass is 10.2. The Bertz CT molecular complexity index is 550. The van der Waals surface area contributed by atoms with Gasteiger partial charge >= 0.3 is 5.97 Å². The number of carboxylic acids is 1. The number of ether oxygens (including phenoxy) is 1. The van der Waals surface area contributed by atoms with Crippen molar-refractivity contribution < 1.29 is 14.6 Å². The number of hydrogen-bond donors (Lipinski definition) is 2. The molecule has 0 bridgehead atoms. The van der Waals surface area contributed by atoms with E-state index in [9.17, 15) is 4.79 Å². The molecule has 2 rings (SSSR count). The Morgan fingerprint density at radius 2 is 2.28 bits per heavy atom. The van der Waals surface area contributed by atoms with Crippen molar-refractivity contribution >= 4 is 17.1 Å². The first-order valence-corrected chi connectivity index (χ1v) is 5.89. The van der Waals surface area contributed by atoms with E-state index in [0.29, 0.717) is 31.0 Å². The molecule has 0 radical (unpaired) electrons. The Hall–Kier alpha value is -2.11. The molecule has 2 aromatic rings. The first-order chi connectivity index (χ1) is 8.69. The van der Waals surface area contributed by atoms with Crippen LogP contribution in [0.5, 0.6) is 5.88 Å². The maximum absolute atomic E-state index is 10.4. The maximum Gasteiger partial charge on any atom is 0.303 e. The Morgan fingerprint density at radius 3 is 3.00 bits per heavy atom. The highest BCUT2D eigenvalue weighted by Gasteiger charge is 2.06. The third-order valence-corrected chi connectivity index (χ3v) is 2.47. The molecule has 0 saturated carbocycles. The number of nitrogens with zero attached hydrogens (tertiary/aromatic N) is 2. The van der Waals surface area contributed by atoms with Crippen molar-refractivity contribution in [1.29, 1.82) is 0 Å². The van der Waals surface area contributed by atoms with Crippen molar-refractivity contribution in [1.82, 2.24) is 15.0 Å². The van der Waals surface area contributed by atoms with Crippen LogP contribution in [0.1, 0.15) is 25.6 Å². The zero-order valence-electron chi connectivity index (χ0n) is 10.1. The van der Waals surface area contributed by atoms with E-state index in [2.05, 4.69) is 15.0 Å². The summed E-state index contributed by atoms with van der Waals surface area (Å²) in [6, 6.07) is 3.64. The number of rotatable bonds is 6. The van der Waals surface area contributed by atoms with E-state index in [-0.39, 0.29) is 6.42 Å². The van der Waals surface area contributed by atoms with Crippen LogP contribution < -0.4 is 4.74 Å². The van der Waals surface area contributed by atoms with Crippen LogP contribution in [-0.4, -0.2) is 32.6 Å². The molecular weight excluding hydrogens is 234 g/mol. The first kappa shape index (κ1) is 12.3. The van der Waals surface area contributed by atoms with E-state index < -0.39 is 5.97 Å². The van der Waals surface area contributed by atoms with Crippen molar-refractivity contribution in [2.24, 2.45) is 0 Å². The monoisotopic (exact) mass is 249 g/mol. The number of imidazole rings is 1. The largest absolute Gasteiger partial charge is 0.481 e. The van der Waals surface area contributed by atoms with Gasteiger partial charge in [0.15, 0.2) is 5.65 Å². The lowest BCUT2D eigenvalue weighted by Crippen LogP contribution is -1.96. The molecule has 96 valence electrons. The predicted molar refractivity (Wildman–Crippen MR) is 65.6 cm³/mol. The van der Waals surface area contributed by atoms with Crippen molar-refractivity contribution in [3.05, 3.63) is 18.0 Å². The Balaban J connectivity index is 2.09. The summed E-state index contributed by atoms with van der Waals surface area (Å²) in [7, 11) is 0. The average molecular weight is 249 g/mol. The highest BCUT2D eigenvalue weighted by molar-refractivity contribution is 5.71. The van der Waals surface area contributed by atoms with E-state index in [1.807, 2.05) is 13.0 Å². The third kappa shape index (κ3) is 2.97. The van der Waals surface area contributed by atoms with Gasteiger partial charge in [0.05, 0.1) is 12.1 Å². The van der Waals surface area contributed by atoms with Gasteiger partial charge in [-0.3, -0.25) is 4.79 Å². The second-order valence-electron chi connectivity index (χ2n) is 3.88. The fourth-order valence-electron chi connectivity index (χ4n) is 1.68. The Morgan fingerprint density at radius 1 is 1.44 bits per heavy atom. The number of pyridine rings is 1. The zero-order chi connectivity index (χ0) is 13.0. The van der Waals surface area contributed by atoms with Gasteiger partial charge in [-0.15, -0.1) is 0 Å². The number of H-pyrrole nitrogens is 1. The second kappa shape index (κ2) is 5.48. The van der Waals surface area contributed by atoms with Crippen molar-refractivity contribution in [2.45, 2.75) is 26.2 Å². The molecule has 6 heteroatoms. The summed E-state index contributed by atoms with van der Waals surface area (Å²) in [4.78, 5) is 22.1. The number of nitrogens with one attached hydrogen (secondary N) is 1. The van der Waals surface area contributed by atoms with Gasteiger partial charge in [-0.25, -0.2) is 4.98 Å². The standard InChI is InChI=1S/C12H15N3O3/c1-2-18-10-7-6-8-12(15-10)14-9(13-8)4-3-5-11(16)17/h6-7H,2-5H2,1H3,(H,16,17)(H,13,14,15). The lowest BCUT2D eigenvalue weighted by Gasteiger charge is -1.99. The molecule has 2 aromatic heterocycles. The van der Waals surface area contributed by atoms with Crippen LogP contribution in [0.15, 0.2) is 12.1 Å². The van der Waals surface area contributed by atoms with E-state index >= 15 is 0 Å². The average Bonchev–Trinajstić information content (AvgIpc) is 2.71. The number of carboxylic acid groups (broad SMARTS) is 1. The van der Waals surface area contributed by atoms with Crippen LogP contribution in [0.2, 0.25) is 0 Å². The smallest absolute Gasteiger partial charge is 0.303 e. The van der Waals surface area contributed by atoms with Gasteiger partial charge in [0.25, 0.3) is 0 Å². The molecule has 0 spiro atoms. The topological polar surface area (TPSA) is 88.1 Å². The minimum Gasteiger partial charge on any atom is -0.481 e. The molecule has 2 heterocycles. The van der Waals surface area contributed by atoms with Gasteiger partial charge in [0.2, 0.25) is 5.88 Å². The molecule has 6 nitrogen and oxygen atoms in total. The minimum atomic E-state index is -0.789. The van der Waals surface area contributed by atoms with Crippen LogP contribution in [0.3, 0.4) is 0 Å². The SMILES string of the molecule is CCOc1ccc2[nH]c(CCCC(=O)O)nc2n1. The van der Waals surface area contributed by atoms with Gasteiger partial charge in [0.1, 0.15) is 5.82 Å². The number of hydrogen-bond acceptors (Lipinski definition) is 4. The highest BCUT2D eigenvalue weighted by atomic mass is 16.5. The number of aromatic nitrogens is 3.